The van der Waals surface area contributed by atoms with Crippen molar-refractivity contribution >= 4 is 17.5 Å². The molecular formula is C23H30N2O4. The van der Waals surface area contributed by atoms with Crippen molar-refractivity contribution in [3.8, 4) is 5.75 Å². The Kier molecular flexibility index (Phi) is 9.18. The molecule has 156 valence electrons. The lowest BCUT2D eigenvalue weighted by atomic mass is 10.1. The van der Waals surface area contributed by atoms with Crippen molar-refractivity contribution in [2.24, 2.45) is 5.92 Å². The average Bonchev–Trinajstić information content (AvgIpc) is 2.71. The number of nitrogens with one attached hydrogen (secondary N) is 2. The van der Waals surface area contributed by atoms with Gasteiger partial charge in [-0.2, -0.15) is 0 Å². The van der Waals surface area contributed by atoms with Gasteiger partial charge in [0.25, 0.3) is 11.8 Å². The maximum Gasteiger partial charge on any atom is 0.255 e. The fourth-order valence-corrected chi connectivity index (χ4v) is 2.64. The van der Waals surface area contributed by atoms with Crippen molar-refractivity contribution < 1.29 is 19.1 Å². The van der Waals surface area contributed by atoms with E-state index in [0.29, 0.717) is 48.2 Å². The van der Waals surface area contributed by atoms with Gasteiger partial charge in [0.1, 0.15) is 5.75 Å². The second-order valence-corrected chi connectivity index (χ2v) is 7.16. The molecule has 0 bridgehead atoms. The second kappa shape index (κ2) is 11.9. The van der Waals surface area contributed by atoms with Crippen LogP contribution in [0.1, 0.15) is 47.4 Å². The highest BCUT2D eigenvalue weighted by atomic mass is 16.5. The van der Waals surface area contributed by atoms with Gasteiger partial charge in [-0.3, -0.25) is 9.59 Å². The first kappa shape index (κ1) is 22.4. The Balaban J connectivity index is 2.02. The van der Waals surface area contributed by atoms with Crippen LogP contribution in [0.3, 0.4) is 0 Å². The van der Waals surface area contributed by atoms with Crippen LogP contribution in [-0.2, 0) is 4.74 Å². The molecule has 0 unspecified atom stereocenters. The summed E-state index contributed by atoms with van der Waals surface area (Å²) < 4.78 is 10.7. The third-order valence-electron chi connectivity index (χ3n) is 4.29. The zero-order valence-corrected chi connectivity index (χ0v) is 17.4. The molecule has 0 radical (unpaired) electrons. The number of anilines is 1. The van der Waals surface area contributed by atoms with E-state index in [-0.39, 0.29) is 11.8 Å². The number of amides is 2. The van der Waals surface area contributed by atoms with Gasteiger partial charge >= 0.3 is 0 Å². The maximum atomic E-state index is 12.7. The number of para-hydroxylation sites is 1. The van der Waals surface area contributed by atoms with Gasteiger partial charge in [0, 0.05) is 25.8 Å². The highest BCUT2D eigenvalue weighted by Gasteiger charge is 2.14. The summed E-state index contributed by atoms with van der Waals surface area (Å²) >= 11 is 0. The van der Waals surface area contributed by atoms with Crippen LogP contribution in [0.25, 0.3) is 0 Å². The van der Waals surface area contributed by atoms with Crippen molar-refractivity contribution in [2.45, 2.75) is 26.7 Å². The zero-order valence-electron chi connectivity index (χ0n) is 17.4. The molecule has 0 heterocycles. The van der Waals surface area contributed by atoms with E-state index < -0.39 is 0 Å². The van der Waals surface area contributed by atoms with E-state index in [4.69, 9.17) is 9.47 Å². The normalized spacial score (nSPS) is 10.6. The Morgan fingerprint density at radius 1 is 1.00 bits per heavy atom. The second-order valence-electron chi connectivity index (χ2n) is 7.16. The molecule has 0 aliphatic rings. The number of carbonyl (C=O) groups excluding carboxylic acids is 2. The third kappa shape index (κ3) is 7.58. The Bertz CT molecular complexity index is 805. The smallest absolute Gasteiger partial charge is 0.255 e. The van der Waals surface area contributed by atoms with E-state index in [9.17, 15) is 9.59 Å². The molecule has 6 nitrogen and oxygen atoms in total. The summed E-state index contributed by atoms with van der Waals surface area (Å²) in [6.07, 6.45) is 1.67. The summed E-state index contributed by atoms with van der Waals surface area (Å²) in [6, 6.07) is 14.0. The average molecular weight is 399 g/mol. The van der Waals surface area contributed by atoms with Crippen molar-refractivity contribution in [1.29, 1.82) is 0 Å². The van der Waals surface area contributed by atoms with Gasteiger partial charge in [-0.25, -0.2) is 0 Å². The lowest BCUT2D eigenvalue weighted by molar-refractivity contribution is 0.0949. The first-order valence-corrected chi connectivity index (χ1v) is 9.91. The fourth-order valence-electron chi connectivity index (χ4n) is 2.64. The van der Waals surface area contributed by atoms with Gasteiger partial charge in [0.2, 0.25) is 0 Å². The van der Waals surface area contributed by atoms with E-state index in [1.165, 1.54) is 0 Å². The largest absolute Gasteiger partial charge is 0.494 e. The van der Waals surface area contributed by atoms with Crippen molar-refractivity contribution in [3.63, 3.8) is 0 Å². The highest BCUT2D eigenvalue weighted by Crippen LogP contribution is 2.19. The van der Waals surface area contributed by atoms with Gasteiger partial charge in [0.05, 0.1) is 17.9 Å². The SMILES string of the molecule is COCCCNC(=O)c1ccccc1NC(=O)c1cccc(OCCC(C)C)c1. The Morgan fingerprint density at radius 2 is 1.79 bits per heavy atom. The molecule has 2 N–H and O–H groups in total. The molecule has 29 heavy (non-hydrogen) atoms. The van der Waals surface area contributed by atoms with Gasteiger partial charge in [0.15, 0.2) is 0 Å². The molecule has 2 rings (SSSR count). The molecule has 6 heteroatoms. The van der Waals surface area contributed by atoms with E-state index in [2.05, 4.69) is 24.5 Å². The molecule has 0 aliphatic heterocycles. The Labute approximate surface area is 172 Å². The first-order chi connectivity index (χ1) is 14.0. The molecule has 0 atom stereocenters. The molecule has 0 spiro atoms. The molecule has 2 aromatic rings. The van der Waals surface area contributed by atoms with Crippen LogP contribution in [0.15, 0.2) is 48.5 Å². The molecule has 0 fully saturated rings. The maximum absolute atomic E-state index is 12.7. The minimum atomic E-state index is -0.293. The summed E-state index contributed by atoms with van der Waals surface area (Å²) in [4.78, 5) is 25.2. The number of benzene rings is 2. The summed E-state index contributed by atoms with van der Waals surface area (Å²) in [5.74, 6) is 0.683. The number of ether oxygens (including phenoxy) is 2. The van der Waals surface area contributed by atoms with Gasteiger partial charge in [-0.05, 0) is 49.1 Å². The van der Waals surface area contributed by atoms with E-state index in [1.807, 2.05) is 6.07 Å². The van der Waals surface area contributed by atoms with Crippen LogP contribution < -0.4 is 15.4 Å². The summed E-state index contributed by atoms with van der Waals surface area (Å²) in [5, 5.41) is 5.67. The standard InChI is InChI=1S/C23H30N2O4/c1-17(2)12-15-29-19-9-6-8-18(16-19)22(26)25-21-11-5-4-10-20(21)23(27)24-13-7-14-28-3/h4-6,8-11,16-17H,7,12-15H2,1-3H3,(H,24,27)(H,25,26). The predicted molar refractivity (Wildman–Crippen MR) is 115 cm³/mol. The highest BCUT2D eigenvalue weighted by molar-refractivity contribution is 6.09. The van der Waals surface area contributed by atoms with Crippen LogP contribution in [0.5, 0.6) is 5.75 Å². The minimum absolute atomic E-state index is 0.234. The lowest BCUT2D eigenvalue weighted by Gasteiger charge is -2.12. The topological polar surface area (TPSA) is 76.7 Å². The van der Waals surface area contributed by atoms with Gasteiger partial charge < -0.3 is 20.1 Å². The Morgan fingerprint density at radius 3 is 2.55 bits per heavy atom. The number of hydrogen-bond donors (Lipinski definition) is 2. The number of carbonyl (C=O) groups is 2. The van der Waals surface area contributed by atoms with Crippen LogP contribution in [0.4, 0.5) is 5.69 Å². The summed E-state index contributed by atoms with van der Waals surface area (Å²) in [6.45, 7) is 5.96. The van der Waals surface area contributed by atoms with E-state index in [0.717, 1.165) is 12.8 Å². The molecule has 2 aromatic carbocycles. The molecule has 0 aliphatic carbocycles. The van der Waals surface area contributed by atoms with Gasteiger partial charge in [-0.1, -0.05) is 32.0 Å². The molecule has 0 saturated carbocycles. The van der Waals surface area contributed by atoms with E-state index in [1.54, 1.807) is 49.6 Å². The molecule has 0 saturated heterocycles. The van der Waals surface area contributed by atoms with Crippen molar-refractivity contribution in [1.82, 2.24) is 5.32 Å². The Hall–Kier alpha value is -2.86. The van der Waals surface area contributed by atoms with Crippen LogP contribution in [0.2, 0.25) is 0 Å². The van der Waals surface area contributed by atoms with Crippen molar-refractivity contribution in [3.05, 3.63) is 59.7 Å². The molecule has 2 amide bonds. The monoisotopic (exact) mass is 398 g/mol. The third-order valence-corrected chi connectivity index (χ3v) is 4.29. The number of rotatable bonds is 11. The quantitative estimate of drug-likeness (QED) is 0.558. The van der Waals surface area contributed by atoms with Gasteiger partial charge in [-0.15, -0.1) is 0 Å². The minimum Gasteiger partial charge on any atom is -0.494 e. The number of hydrogen-bond acceptors (Lipinski definition) is 4. The summed E-state index contributed by atoms with van der Waals surface area (Å²) in [5.41, 5.74) is 1.36. The van der Waals surface area contributed by atoms with Crippen LogP contribution in [0, 0.1) is 5.92 Å². The molecule has 0 aromatic heterocycles. The summed E-state index contributed by atoms with van der Waals surface area (Å²) in [7, 11) is 1.62. The predicted octanol–water partition coefficient (Wildman–Crippen LogP) is 4.13. The first-order valence-electron chi connectivity index (χ1n) is 9.91. The molecular weight excluding hydrogens is 368 g/mol. The lowest BCUT2D eigenvalue weighted by Crippen LogP contribution is -2.26. The van der Waals surface area contributed by atoms with Crippen molar-refractivity contribution in [2.75, 3.05) is 32.2 Å². The van der Waals surface area contributed by atoms with E-state index >= 15 is 0 Å². The zero-order chi connectivity index (χ0) is 21.1. The van der Waals surface area contributed by atoms with Crippen LogP contribution in [-0.4, -0.2) is 38.7 Å². The van der Waals surface area contributed by atoms with Crippen LogP contribution >= 0.6 is 0 Å². The fraction of sp³-hybridized carbons (Fsp3) is 0.391. The number of methoxy groups -OCH3 is 1.